The van der Waals surface area contributed by atoms with Gasteiger partial charge in [-0.1, -0.05) is 0 Å². The number of fused-ring (bicyclic) bond motifs is 1. The van der Waals surface area contributed by atoms with Crippen molar-refractivity contribution in [3.05, 3.63) is 18.2 Å². The molecule has 1 saturated heterocycles. The van der Waals surface area contributed by atoms with Crippen molar-refractivity contribution < 1.29 is 19.7 Å². The minimum Gasteiger partial charge on any atom is -0.481 e. The Morgan fingerprint density at radius 2 is 2.09 bits per heavy atom. The lowest BCUT2D eigenvalue weighted by molar-refractivity contribution is -0.121. The Morgan fingerprint density at radius 1 is 1.32 bits per heavy atom. The molecule has 0 aromatic heterocycles. The van der Waals surface area contributed by atoms with Crippen molar-refractivity contribution in [3.8, 4) is 5.75 Å². The number of anilines is 2. The van der Waals surface area contributed by atoms with Crippen LogP contribution in [-0.4, -0.2) is 68.2 Å². The van der Waals surface area contributed by atoms with Crippen LogP contribution in [-0.2, 0) is 4.79 Å². The fourth-order valence-corrected chi connectivity index (χ4v) is 2.78. The highest BCUT2D eigenvalue weighted by Gasteiger charge is 2.28. The Labute approximate surface area is 129 Å². The van der Waals surface area contributed by atoms with Crippen LogP contribution in [0, 0.1) is 0 Å². The topological polar surface area (TPSA) is 85.3 Å². The van der Waals surface area contributed by atoms with E-state index in [4.69, 9.17) is 9.84 Å². The fraction of sp³-hybridized carbons (Fsp3) is 0.533. The molecule has 7 heteroatoms. The molecular formula is C15H21N3O4. The number of benzene rings is 1. The second-order valence-electron chi connectivity index (χ2n) is 5.52. The number of carbonyl (C=O) groups is 1. The van der Waals surface area contributed by atoms with Gasteiger partial charge < -0.3 is 30.1 Å². The summed E-state index contributed by atoms with van der Waals surface area (Å²) in [5.74, 6) is 0.427. The Hall–Kier alpha value is -1.83. The number of hydrogen-bond acceptors (Lipinski definition) is 6. The molecule has 1 aromatic rings. The zero-order valence-electron chi connectivity index (χ0n) is 12.4. The third-order valence-corrected chi connectivity index (χ3v) is 3.97. The first-order valence-electron chi connectivity index (χ1n) is 7.51. The average molecular weight is 307 g/mol. The summed E-state index contributed by atoms with van der Waals surface area (Å²) in [4.78, 5) is 15.7. The zero-order chi connectivity index (χ0) is 15.5. The predicted octanol–water partition coefficient (Wildman–Crippen LogP) is -0.825. The van der Waals surface area contributed by atoms with Crippen LogP contribution >= 0.6 is 0 Å². The monoisotopic (exact) mass is 307 g/mol. The highest BCUT2D eigenvalue weighted by atomic mass is 16.5. The lowest BCUT2D eigenvalue weighted by Crippen LogP contribution is -2.45. The first-order valence-corrected chi connectivity index (χ1v) is 7.51. The minimum absolute atomic E-state index is 0.0455. The molecule has 1 amide bonds. The molecule has 1 atom stereocenters. The molecule has 2 aliphatic heterocycles. The van der Waals surface area contributed by atoms with E-state index in [0.29, 0.717) is 11.4 Å². The second kappa shape index (κ2) is 6.51. The quantitative estimate of drug-likeness (QED) is 0.674. The Kier molecular flexibility index (Phi) is 4.47. The van der Waals surface area contributed by atoms with Crippen molar-refractivity contribution in [2.24, 2.45) is 0 Å². The van der Waals surface area contributed by atoms with Crippen molar-refractivity contribution in [3.63, 3.8) is 0 Å². The maximum absolute atomic E-state index is 12.0. The maximum atomic E-state index is 12.0. The summed E-state index contributed by atoms with van der Waals surface area (Å²) in [5, 5.41) is 21.9. The van der Waals surface area contributed by atoms with Crippen LogP contribution in [0.15, 0.2) is 18.2 Å². The van der Waals surface area contributed by atoms with Gasteiger partial charge in [-0.25, -0.2) is 0 Å². The van der Waals surface area contributed by atoms with E-state index in [9.17, 15) is 9.90 Å². The molecule has 0 spiro atoms. The highest BCUT2D eigenvalue weighted by molar-refractivity contribution is 5.98. The second-order valence-corrected chi connectivity index (χ2v) is 5.52. The molecule has 0 saturated carbocycles. The number of β-amino-alcohol motifs (C(OH)–C–C–N with tert-alkyl or cyclic N) is 1. The average Bonchev–Trinajstić information content (AvgIpc) is 2.57. The van der Waals surface area contributed by atoms with E-state index in [1.165, 1.54) is 4.90 Å². The minimum atomic E-state index is -0.956. The summed E-state index contributed by atoms with van der Waals surface area (Å²) in [6.45, 7) is 3.42. The van der Waals surface area contributed by atoms with Gasteiger partial charge in [0, 0.05) is 37.9 Å². The van der Waals surface area contributed by atoms with Gasteiger partial charge in [0.1, 0.15) is 5.75 Å². The molecule has 0 radical (unpaired) electrons. The van der Waals surface area contributed by atoms with E-state index >= 15 is 0 Å². The summed E-state index contributed by atoms with van der Waals surface area (Å²) >= 11 is 0. The maximum Gasteiger partial charge on any atom is 0.265 e. The van der Waals surface area contributed by atoms with E-state index < -0.39 is 6.10 Å². The van der Waals surface area contributed by atoms with Gasteiger partial charge in [-0.2, -0.15) is 0 Å². The molecule has 3 rings (SSSR count). The van der Waals surface area contributed by atoms with Crippen LogP contribution in [0.25, 0.3) is 0 Å². The van der Waals surface area contributed by atoms with Crippen LogP contribution in [0.2, 0.25) is 0 Å². The van der Waals surface area contributed by atoms with Crippen LogP contribution in [0.5, 0.6) is 5.75 Å². The van der Waals surface area contributed by atoms with Gasteiger partial charge in [-0.05, 0) is 12.1 Å². The van der Waals surface area contributed by atoms with Crippen molar-refractivity contribution in [2.75, 3.05) is 55.7 Å². The molecule has 7 nitrogen and oxygen atoms in total. The first-order chi connectivity index (χ1) is 10.7. The number of ether oxygens (including phenoxy) is 1. The number of aliphatic hydroxyl groups excluding tert-OH is 2. The van der Waals surface area contributed by atoms with Gasteiger partial charge in [-0.3, -0.25) is 4.79 Å². The van der Waals surface area contributed by atoms with E-state index in [0.717, 1.165) is 31.9 Å². The lowest BCUT2D eigenvalue weighted by Gasteiger charge is -2.33. The molecule has 1 fully saturated rings. The van der Waals surface area contributed by atoms with E-state index in [1.807, 2.05) is 18.2 Å². The molecule has 2 aliphatic rings. The summed E-state index contributed by atoms with van der Waals surface area (Å²) in [6, 6.07) is 5.74. The molecule has 1 aromatic carbocycles. The van der Waals surface area contributed by atoms with E-state index in [1.54, 1.807) is 0 Å². The third kappa shape index (κ3) is 3.01. The van der Waals surface area contributed by atoms with Crippen molar-refractivity contribution in [2.45, 2.75) is 6.10 Å². The number of amides is 1. The number of nitrogens with zero attached hydrogens (tertiary/aromatic N) is 2. The molecule has 1 unspecified atom stereocenters. The Bertz CT molecular complexity index is 546. The number of rotatable bonds is 4. The summed E-state index contributed by atoms with van der Waals surface area (Å²) < 4.78 is 5.54. The molecule has 2 heterocycles. The zero-order valence-corrected chi connectivity index (χ0v) is 12.4. The summed E-state index contributed by atoms with van der Waals surface area (Å²) in [5.41, 5.74) is 1.71. The largest absolute Gasteiger partial charge is 0.481 e. The predicted molar refractivity (Wildman–Crippen MR) is 82.5 cm³/mol. The van der Waals surface area contributed by atoms with Gasteiger partial charge in [0.05, 0.1) is 24.9 Å². The van der Waals surface area contributed by atoms with Crippen LogP contribution < -0.4 is 19.9 Å². The van der Waals surface area contributed by atoms with Crippen LogP contribution in [0.1, 0.15) is 0 Å². The molecule has 0 bridgehead atoms. The Morgan fingerprint density at radius 3 is 2.82 bits per heavy atom. The van der Waals surface area contributed by atoms with Gasteiger partial charge in [0.25, 0.3) is 5.91 Å². The van der Waals surface area contributed by atoms with Crippen LogP contribution in [0.3, 0.4) is 0 Å². The lowest BCUT2D eigenvalue weighted by atomic mass is 10.1. The molecular weight excluding hydrogens is 286 g/mol. The van der Waals surface area contributed by atoms with Crippen molar-refractivity contribution in [1.29, 1.82) is 0 Å². The summed E-state index contributed by atoms with van der Waals surface area (Å²) in [6.07, 6.45) is -0.956. The fourth-order valence-electron chi connectivity index (χ4n) is 2.78. The number of nitrogens with one attached hydrogen (secondary N) is 1. The van der Waals surface area contributed by atoms with Gasteiger partial charge in [0.2, 0.25) is 0 Å². The van der Waals surface area contributed by atoms with Gasteiger partial charge in [0.15, 0.2) is 6.61 Å². The van der Waals surface area contributed by atoms with Crippen LogP contribution in [0.4, 0.5) is 11.4 Å². The van der Waals surface area contributed by atoms with Crippen molar-refractivity contribution in [1.82, 2.24) is 5.32 Å². The van der Waals surface area contributed by atoms with Crippen molar-refractivity contribution >= 4 is 17.3 Å². The Balaban J connectivity index is 1.83. The third-order valence-electron chi connectivity index (χ3n) is 3.97. The molecule has 0 aliphatic carbocycles. The first kappa shape index (κ1) is 15.1. The molecule has 120 valence electrons. The van der Waals surface area contributed by atoms with E-state index in [-0.39, 0.29) is 25.7 Å². The normalized spacial score (nSPS) is 19.6. The van der Waals surface area contributed by atoms with Gasteiger partial charge in [-0.15, -0.1) is 0 Å². The van der Waals surface area contributed by atoms with E-state index in [2.05, 4.69) is 10.2 Å². The van der Waals surface area contributed by atoms with Gasteiger partial charge >= 0.3 is 0 Å². The number of hydrogen-bond donors (Lipinski definition) is 3. The number of piperazine rings is 1. The summed E-state index contributed by atoms with van der Waals surface area (Å²) in [7, 11) is 0. The molecule has 3 N–H and O–H groups in total. The number of aliphatic hydroxyl groups is 2. The standard InChI is InChI=1S/C15H21N3O4/c19-9-12(20)8-18-13-2-1-11(17-5-3-16-4-6-17)7-14(13)22-10-15(18)21/h1-2,7,12,16,19-20H,3-6,8-10H2. The SMILES string of the molecule is O=C1COc2cc(N3CCNCC3)ccc2N1CC(O)CO. The number of carbonyl (C=O) groups excluding carboxylic acids is 1. The highest BCUT2D eigenvalue weighted by Crippen LogP contribution is 2.35. The molecule has 22 heavy (non-hydrogen) atoms. The smallest absolute Gasteiger partial charge is 0.265 e.